The number of benzene rings is 2. The summed E-state index contributed by atoms with van der Waals surface area (Å²) in [5.41, 5.74) is 3.88. The fraction of sp³-hybridized carbons (Fsp3) is 0.304. The van der Waals surface area contributed by atoms with E-state index in [1.807, 2.05) is 32.0 Å². The highest BCUT2D eigenvalue weighted by molar-refractivity contribution is 6.00. The Morgan fingerprint density at radius 2 is 1.70 bits per heavy atom. The highest BCUT2D eigenvalue weighted by Gasteiger charge is 2.36. The van der Waals surface area contributed by atoms with E-state index in [4.69, 9.17) is 4.74 Å². The van der Waals surface area contributed by atoms with Crippen molar-refractivity contribution < 1.29 is 23.9 Å². The second kappa shape index (κ2) is 8.90. The fourth-order valence-corrected chi connectivity index (χ4v) is 3.46. The smallest absolute Gasteiger partial charge is 0.311 e. The largest absolute Gasteiger partial charge is 0.455 e. The Hall–Kier alpha value is -3.48. The molecule has 2 amide bonds. The van der Waals surface area contributed by atoms with Crippen molar-refractivity contribution in [3.8, 4) is 0 Å². The molecular weight excluding hydrogens is 384 g/mol. The number of carbonyl (C=O) groups is 4. The van der Waals surface area contributed by atoms with Gasteiger partial charge in [0.05, 0.1) is 5.92 Å². The van der Waals surface area contributed by atoms with Crippen molar-refractivity contribution in [2.45, 2.75) is 27.2 Å². The zero-order chi connectivity index (χ0) is 21.8. The molecule has 0 radical (unpaired) electrons. The monoisotopic (exact) mass is 408 g/mol. The zero-order valence-corrected chi connectivity index (χ0v) is 17.2. The standard InChI is InChI=1S/C23H24N2O5/c1-14-8-15(2)10-20(9-14)25-12-18(11-22(25)28)23(29)30-13-21(27)24-19-6-4-17(5-7-19)16(3)26/h4-10,18H,11-13H2,1-3H3,(H,24,27)/t18-/m1/s1. The number of Topliss-reactive ketones (excluding diaryl/α,β-unsaturated/α-hetero) is 1. The quantitative estimate of drug-likeness (QED) is 0.586. The molecule has 1 aliphatic heterocycles. The van der Waals surface area contributed by atoms with Gasteiger partial charge in [-0.1, -0.05) is 6.07 Å². The second-order valence-corrected chi connectivity index (χ2v) is 7.54. The minimum Gasteiger partial charge on any atom is -0.455 e. The van der Waals surface area contributed by atoms with Gasteiger partial charge in [0.15, 0.2) is 12.4 Å². The van der Waals surface area contributed by atoms with Gasteiger partial charge in [-0.15, -0.1) is 0 Å². The van der Waals surface area contributed by atoms with Crippen LogP contribution in [0.2, 0.25) is 0 Å². The molecule has 2 aromatic carbocycles. The number of carbonyl (C=O) groups excluding carboxylic acids is 4. The van der Waals surface area contributed by atoms with Gasteiger partial charge in [0.25, 0.3) is 5.91 Å². The van der Waals surface area contributed by atoms with Crippen molar-refractivity contribution in [2.75, 3.05) is 23.4 Å². The van der Waals surface area contributed by atoms with Crippen molar-refractivity contribution in [3.05, 3.63) is 59.2 Å². The number of anilines is 2. The third kappa shape index (κ3) is 5.11. The molecule has 7 nitrogen and oxygen atoms in total. The molecule has 156 valence electrons. The number of aryl methyl sites for hydroxylation is 2. The first-order valence-electron chi connectivity index (χ1n) is 9.69. The molecule has 1 fully saturated rings. The highest BCUT2D eigenvalue weighted by atomic mass is 16.5. The molecule has 1 atom stereocenters. The summed E-state index contributed by atoms with van der Waals surface area (Å²) in [6.45, 7) is 5.16. The lowest BCUT2D eigenvalue weighted by Gasteiger charge is -2.18. The van der Waals surface area contributed by atoms with E-state index in [2.05, 4.69) is 5.32 Å². The Morgan fingerprint density at radius 3 is 2.30 bits per heavy atom. The summed E-state index contributed by atoms with van der Waals surface area (Å²) in [6, 6.07) is 12.3. The Bertz CT molecular complexity index is 977. The molecule has 3 rings (SSSR count). The number of amides is 2. The van der Waals surface area contributed by atoms with Crippen LogP contribution in [0.4, 0.5) is 11.4 Å². The van der Waals surface area contributed by atoms with E-state index < -0.39 is 24.4 Å². The van der Waals surface area contributed by atoms with E-state index in [0.717, 1.165) is 16.8 Å². The summed E-state index contributed by atoms with van der Waals surface area (Å²) in [6.07, 6.45) is 0.0555. The second-order valence-electron chi connectivity index (χ2n) is 7.54. The van der Waals surface area contributed by atoms with Crippen LogP contribution in [0.25, 0.3) is 0 Å². The number of hydrogen-bond acceptors (Lipinski definition) is 5. The summed E-state index contributed by atoms with van der Waals surface area (Å²) < 4.78 is 5.12. The molecule has 1 heterocycles. The number of nitrogens with zero attached hydrogens (tertiary/aromatic N) is 1. The van der Waals surface area contributed by atoms with Gasteiger partial charge in [-0.3, -0.25) is 19.2 Å². The molecule has 1 saturated heterocycles. The number of ether oxygens (including phenoxy) is 1. The number of nitrogens with one attached hydrogen (secondary N) is 1. The molecule has 0 bridgehead atoms. The Kier molecular flexibility index (Phi) is 6.30. The maximum Gasteiger partial charge on any atom is 0.311 e. The third-order valence-electron chi connectivity index (χ3n) is 4.90. The summed E-state index contributed by atoms with van der Waals surface area (Å²) >= 11 is 0. The van der Waals surface area contributed by atoms with Crippen molar-refractivity contribution in [2.24, 2.45) is 5.92 Å². The lowest BCUT2D eigenvalue weighted by Crippen LogP contribution is -2.28. The first kappa shape index (κ1) is 21.2. The van der Waals surface area contributed by atoms with Crippen LogP contribution in [0.1, 0.15) is 34.8 Å². The van der Waals surface area contributed by atoms with Crippen LogP contribution in [0.3, 0.4) is 0 Å². The summed E-state index contributed by atoms with van der Waals surface area (Å²) in [5, 5.41) is 2.61. The van der Waals surface area contributed by atoms with Crippen molar-refractivity contribution >= 4 is 34.9 Å². The van der Waals surface area contributed by atoms with Gasteiger partial charge in [-0.2, -0.15) is 0 Å². The van der Waals surface area contributed by atoms with Crippen LogP contribution in [-0.4, -0.2) is 36.7 Å². The predicted octanol–water partition coefficient (Wildman–Crippen LogP) is 3.04. The molecule has 1 aliphatic rings. The Balaban J connectivity index is 1.53. The maximum absolute atomic E-state index is 12.4. The molecule has 7 heteroatoms. The molecule has 0 spiro atoms. The summed E-state index contributed by atoms with van der Waals surface area (Å²) in [5.74, 6) is -1.88. The van der Waals surface area contributed by atoms with Gasteiger partial charge in [0, 0.05) is 29.9 Å². The van der Waals surface area contributed by atoms with E-state index >= 15 is 0 Å². The number of hydrogen-bond donors (Lipinski definition) is 1. The van der Waals surface area contributed by atoms with E-state index in [1.165, 1.54) is 6.92 Å². The minimum absolute atomic E-state index is 0.0555. The summed E-state index contributed by atoms with van der Waals surface area (Å²) in [4.78, 5) is 49.7. The minimum atomic E-state index is -0.610. The van der Waals surface area contributed by atoms with Crippen LogP contribution in [0, 0.1) is 19.8 Å². The third-order valence-corrected chi connectivity index (χ3v) is 4.90. The molecule has 0 saturated carbocycles. The lowest BCUT2D eigenvalue weighted by atomic mass is 10.1. The summed E-state index contributed by atoms with van der Waals surface area (Å²) in [7, 11) is 0. The van der Waals surface area contributed by atoms with Crippen molar-refractivity contribution in [1.82, 2.24) is 0 Å². The predicted molar refractivity (Wildman–Crippen MR) is 112 cm³/mol. The molecule has 0 unspecified atom stereocenters. The van der Waals surface area contributed by atoms with E-state index in [1.54, 1.807) is 29.2 Å². The van der Waals surface area contributed by atoms with Gasteiger partial charge in [0.1, 0.15) is 0 Å². The Labute approximate surface area is 175 Å². The van der Waals surface area contributed by atoms with E-state index in [-0.39, 0.29) is 24.7 Å². The normalized spacial score (nSPS) is 15.8. The zero-order valence-electron chi connectivity index (χ0n) is 17.2. The average Bonchev–Trinajstić information content (AvgIpc) is 3.07. The molecule has 1 N–H and O–H groups in total. The van der Waals surface area contributed by atoms with Crippen LogP contribution < -0.4 is 10.2 Å². The number of esters is 1. The van der Waals surface area contributed by atoms with Gasteiger partial charge in [-0.25, -0.2) is 0 Å². The fourth-order valence-electron chi connectivity index (χ4n) is 3.46. The first-order valence-corrected chi connectivity index (χ1v) is 9.69. The van der Waals surface area contributed by atoms with E-state index in [0.29, 0.717) is 11.3 Å². The van der Waals surface area contributed by atoms with Crippen LogP contribution in [0.5, 0.6) is 0 Å². The van der Waals surface area contributed by atoms with Crippen LogP contribution in [-0.2, 0) is 19.1 Å². The topological polar surface area (TPSA) is 92.8 Å². The number of ketones is 1. The maximum atomic E-state index is 12.4. The van der Waals surface area contributed by atoms with E-state index in [9.17, 15) is 19.2 Å². The SMILES string of the molecule is CC(=O)c1ccc(NC(=O)COC(=O)[C@@H]2CC(=O)N(c3cc(C)cc(C)c3)C2)cc1. The number of rotatable bonds is 6. The van der Waals surface area contributed by atoms with Gasteiger partial charge < -0.3 is 15.0 Å². The van der Waals surface area contributed by atoms with Gasteiger partial charge in [-0.05, 0) is 68.3 Å². The molecular formula is C23H24N2O5. The highest BCUT2D eigenvalue weighted by Crippen LogP contribution is 2.27. The molecule has 30 heavy (non-hydrogen) atoms. The van der Waals surface area contributed by atoms with Gasteiger partial charge in [0.2, 0.25) is 5.91 Å². The molecule has 0 aliphatic carbocycles. The van der Waals surface area contributed by atoms with Gasteiger partial charge >= 0.3 is 5.97 Å². The average molecular weight is 408 g/mol. The lowest BCUT2D eigenvalue weighted by molar-refractivity contribution is -0.151. The van der Waals surface area contributed by atoms with Crippen LogP contribution in [0.15, 0.2) is 42.5 Å². The first-order chi connectivity index (χ1) is 14.2. The van der Waals surface area contributed by atoms with Crippen LogP contribution >= 0.6 is 0 Å². The van der Waals surface area contributed by atoms with Crippen molar-refractivity contribution in [3.63, 3.8) is 0 Å². The Morgan fingerprint density at radius 1 is 1.07 bits per heavy atom. The molecule has 0 aromatic heterocycles. The van der Waals surface area contributed by atoms with Crippen molar-refractivity contribution in [1.29, 1.82) is 0 Å². The molecule has 2 aromatic rings.